The largest absolute Gasteiger partial charge is 0.461 e. The molecule has 8 nitrogen and oxygen atoms in total. The first kappa shape index (κ1) is 23.2. The van der Waals surface area contributed by atoms with E-state index in [1.54, 1.807) is 41.5 Å². The monoisotopic (exact) mass is 377 g/mol. The van der Waals surface area contributed by atoms with Crippen LogP contribution in [-0.2, 0) is 28.6 Å². The van der Waals surface area contributed by atoms with Crippen LogP contribution in [0.2, 0.25) is 0 Å². The van der Waals surface area contributed by atoms with Crippen LogP contribution in [0.5, 0.6) is 0 Å². The molecule has 9 heteroatoms. The van der Waals surface area contributed by atoms with Crippen LogP contribution in [0, 0.1) is 11.8 Å². The molecule has 0 unspecified atom stereocenters. The Hall–Kier alpha value is -1.77. The van der Waals surface area contributed by atoms with E-state index in [0.717, 1.165) is 0 Å². The third kappa shape index (κ3) is 10.6. The molecule has 0 aliphatic rings. The Morgan fingerprint density at radius 1 is 0.880 bits per heavy atom. The van der Waals surface area contributed by atoms with Gasteiger partial charge in [0.2, 0.25) is 12.7 Å². The lowest BCUT2D eigenvalue weighted by Crippen LogP contribution is -2.46. The number of ether oxygens (including phenoxy) is 3. The standard InChI is InChI=1S/C16H27NO7S/c1-9(2)13(18)17-12(15(20)24-11(5)6)7-25-16(21)23-8-22-14(19)10(3)4/h9-12H,7-8H2,1-6H3,(H,17,18)/t12-/m0/s1. The van der Waals surface area contributed by atoms with Gasteiger partial charge in [0.05, 0.1) is 12.0 Å². The van der Waals surface area contributed by atoms with Gasteiger partial charge in [-0.05, 0) is 25.6 Å². The zero-order valence-corrected chi connectivity index (χ0v) is 16.3. The van der Waals surface area contributed by atoms with Gasteiger partial charge >= 0.3 is 17.2 Å². The number of carbonyl (C=O) groups excluding carboxylic acids is 4. The number of nitrogens with one attached hydrogen (secondary N) is 1. The van der Waals surface area contributed by atoms with E-state index < -0.39 is 30.1 Å². The quantitative estimate of drug-likeness (QED) is 0.481. The number of hydrogen-bond donors (Lipinski definition) is 1. The van der Waals surface area contributed by atoms with Gasteiger partial charge in [-0.25, -0.2) is 9.59 Å². The minimum absolute atomic E-state index is 0.0546. The summed E-state index contributed by atoms with van der Waals surface area (Å²) < 4.78 is 14.5. The van der Waals surface area contributed by atoms with Crippen LogP contribution in [0.15, 0.2) is 0 Å². The summed E-state index contributed by atoms with van der Waals surface area (Å²) in [6, 6.07) is -0.979. The van der Waals surface area contributed by atoms with Crippen molar-refractivity contribution in [3.8, 4) is 0 Å². The molecule has 0 saturated heterocycles. The van der Waals surface area contributed by atoms with Crippen LogP contribution in [0.25, 0.3) is 0 Å². The molecule has 1 amide bonds. The van der Waals surface area contributed by atoms with Crippen molar-refractivity contribution >= 4 is 34.9 Å². The van der Waals surface area contributed by atoms with Crippen molar-refractivity contribution in [2.24, 2.45) is 11.8 Å². The Bertz CT molecular complexity index is 477. The smallest absolute Gasteiger partial charge is 0.370 e. The highest BCUT2D eigenvalue weighted by Crippen LogP contribution is 2.10. The van der Waals surface area contributed by atoms with Crippen LogP contribution >= 0.6 is 11.8 Å². The van der Waals surface area contributed by atoms with Crippen molar-refractivity contribution < 1.29 is 33.4 Å². The number of amides is 1. The zero-order valence-electron chi connectivity index (χ0n) is 15.5. The van der Waals surface area contributed by atoms with E-state index >= 15 is 0 Å². The van der Waals surface area contributed by atoms with Crippen LogP contribution in [0.1, 0.15) is 41.5 Å². The van der Waals surface area contributed by atoms with Gasteiger partial charge < -0.3 is 19.5 Å². The molecule has 0 aromatic carbocycles. The van der Waals surface area contributed by atoms with Crippen molar-refractivity contribution in [2.75, 3.05) is 12.5 Å². The fraction of sp³-hybridized carbons (Fsp3) is 0.750. The molecule has 0 bridgehead atoms. The van der Waals surface area contributed by atoms with Crippen LogP contribution in [0.4, 0.5) is 4.79 Å². The molecule has 144 valence electrons. The second-order valence-corrected chi connectivity index (χ2v) is 7.10. The Morgan fingerprint density at radius 3 is 1.96 bits per heavy atom. The van der Waals surface area contributed by atoms with E-state index in [0.29, 0.717) is 11.8 Å². The molecule has 0 radical (unpaired) electrons. The van der Waals surface area contributed by atoms with E-state index in [-0.39, 0.29) is 29.6 Å². The maximum Gasteiger partial charge on any atom is 0.370 e. The number of carbonyl (C=O) groups is 4. The van der Waals surface area contributed by atoms with E-state index in [4.69, 9.17) is 14.2 Å². The molecule has 0 spiro atoms. The zero-order chi connectivity index (χ0) is 19.6. The average molecular weight is 377 g/mol. The third-order valence-corrected chi connectivity index (χ3v) is 3.55. The minimum atomic E-state index is -0.979. The molecule has 0 heterocycles. The second kappa shape index (κ2) is 11.7. The lowest BCUT2D eigenvalue weighted by molar-refractivity contribution is -0.155. The fourth-order valence-corrected chi connectivity index (χ4v) is 1.97. The van der Waals surface area contributed by atoms with E-state index in [2.05, 4.69) is 5.32 Å². The van der Waals surface area contributed by atoms with Gasteiger partial charge in [-0.3, -0.25) is 9.59 Å². The summed E-state index contributed by atoms with van der Waals surface area (Å²) >= 11 is 0.686. The second-order valence-electron chi connectivity index (χ2n) is 6.14. The van der Waals surface area contributed by atoms with Crippen LogP contribution in [-0.4, -0.2) is 47.8 Å². The van der Waals surface area contributed by atoms with Gasteiger partial charge in [0.1, 0.15) is 6.04 Å². The normalized spacial score (nSPS) is 12.0. The van der Waals surface area contributed by atoms with Crippen molar-refractivity contribution in [1.29, 1.82) is 0 Å². The molecule has 25 heavy (non-hydrogen) atoms. The van der Waals surface area contributed by atoms with Gasteiger partial charge in [0.15, 0.2) is 0 Å². The minimum Gasteiger partial charge on any atom is -0.461 e. The molecule has 0 aliphatic heterocycles. The highest BCUT2D eigenvalue weighted by molar-refractivity contribution is 8.13. The van der Waals surface area contributed by atoms with Gasteiger partial charge in [-0.15, -0.1) is 0 Å². The molecular formula is C16H27NO7S. The summed E-state index contributed by atoms with van der Waals surface area (Å²) in [5.74, 6) is -2.14. The summed E-state index contributed by atoms with van der Waals surface area (Å²) in [4.78, 5) is 46.7. The van der Waals surface area contributed by atoms with Gasteiger partial charge in [-0.1, -0.05) is 27.7 Å². The van der Waals surface area contributed by atoms with Gasteiger partial charge in [0, 0.05) is 11.7 Å². The average Bonchev–Trinajstić information content (AvgIpc) is 2.49. The Kier molecular flexibility index (Phi) is 10.9. The lowest BCUT2D eigenvalue weighted by atomic mass is 10.2. The molecule has 0 aliphatic carbocycles. The summed E-state index contributed by atoms with van der Waals surface area (Å²) in [7, 11) is 0. The number of esters is 2. The summed E-state index contributed by atoms with van der Waals surface area (Å²) in [5, 5.41) is 1.81. The lowest BCUT2D eigenvalue weighted by Gasteiger charge is -2.19. The van der Waals surface area contributed by atoms with E-state index in [9.17, 15) is 19.2 Å². The highest BCUT2D eigenvalue weighted by atomic mass is 32.2. The number of thioether (sulfide) groups is 1. The Balaban J connectivity index is 4.49. The maximum atomic E-state index is 12.0. The van der Waals surface area contributed by atoms with Crippen LogP contribution < -0.4 is 5.32 Å². The Morgan fingerprint density at radius 2 is 1.48 bits per heavy atom. The predicted molar refractivity (Wildman–Crippen MR) is 92.7 cm³/mol. The molecule has 0 aromatic rings. The highest BCUT2D eigenvalue weighted by Gasteiger charge is 2.26. The van der Waals surface area contributed by atoms with Gasteiger partial charge in [0.25, 0.3) is 0 Å². The van der Waals surface area contributed by atoms with Crippen molar-refractivity contribution in [3.63, 3.8) is 0 Å². The number of hydrogen-bond acceptors (Lipinski definition) is 8. The van der Waals surface area contributed by atoms with Crippen LogP contribution in [0.3, 0.4) is 0 Å². The topological polar surface area (TPSA) is 108 Å². The maximum absolute atomic E-state index is 12.0. The molecule has 0 fully saturated rings. The molecular weight excluding hydrogens is 350 g/mol. The van der Waals surface area contributed by atoms with E-state index in [1.807, 2.05) is 0 Å². The first-order valence-electron chi connectivity index (χ1n) is 8.01. The first-order valence-corrected chi connectivity index (χ1v) is 9.00. The molecule has 0 saturated carbocycles. The third-order valence-electron chi connectivity index (χ3n) is 2.69. The van der Waals surface area contributed by atoms with Crippen molar-refractivity contribution in [3.05, 3.63) is 0 Å². The Labute approximate surface area is 152 Å². The summed E-state index contributed by atoms with van der Waals surface area (Å²) in [5.41, 5.74) is 0. The predicted octanol–water partition coefficient (Wildman–Crippen LogP) is 2.11. The van der Waals surface area contributed by atoms with E-state index in [1.165, 1.54) is 0 Å². The number of rotatable bonds is 9. The van der Waals surface area contributed by atoms with Crippen molar-refractivity contribution in [1.82, 2.24) is 5.32 Å². The fourth-order valence-electron chi connectivity index (χ4n) is 1.32. The molecule has 1 atom stereocenters. The summed E-state index contributed by atoms with van der Waals surface area (Å²) in [6.07, 6.45) is -0.349. The first-order chi connectivity index (χ1) is 11.5. The summed E-state index contributed by atoms with van der Waals surface area (Å²) in [6.45, 7) is 9.55. The van der Waals surface area contributed by atoms with Crippen molar-refractivity contribution in [2.45, 2.75) is 53.7 Å². The SMILES string of the molecule is CC(C)OC(=O)[C@H](CSC(=O)OCOC(=O)C(C)C)NC(=O)C(C)C. The van der Waals surface area contributed by atoms with Gasteiger partial charge in [-0.2, -0.15) is 0 Å². The molecule has 0 rings (SSSR count). The molecule has 0 aromatic heterocycles. The molecule has 1 N–H and O–H groups in total.